The normalized spacial score (nSPS) is 16.7. The molecule has 1 saturated carbocycles. The summed E-state index contributed by atoms with van der Waals surface area (Å²) in [5.41, 5.74) is 8.07. The van der Waals surface area contributed by atoms with E-state index in [1.54, 1.807) is 0 Å². The topological polar surface area (TPSA) is 43.8 Å². The predicted molar refractivity (Wildman–Crippen MR) is 74.6 cm³/mol. The quantitative estimate of drug-likeness (QED) is 0.897. The molecule has 3 heteroatoms. The van der Waals surface area contributed by atoms with Crippen LogP contribution in [0.15, 0.2) is 24.3 Å². The van der Waals surface area contributed by atoms with E-state index < -0.39 is 0 Å². The van der Waals surface area contributed by atoms with Gasteiger partial charge in [-0.25, -0.2) is 4.98 Å². The number of benzene rings is 1. The van der Waals surface area contributed by atoms with Crippen LogP contribution in [0.3, 0.4) is 0 Å². The van der Waals surface area contributed by atoms with Gasteiger partial charge in [0.05, 0.1) is 11.0 Å². The number of nitrogens with two attached hydrogens (primary N) is 1. The van der Waals surface area contributed by atoms with Gasteiger partial charge in [0.2, 0.25) is 0 Å². The molecule has 18 heavy (non-hydrogen) atoms. The minimum Gasteiger partial charge on any atom is -0.330 e. The van der Waals surface area contributed by atoms with Crippen molar-refractivity contribution >= 4 is 11.0 Å². The molecule has 0 aliphatic heterocycles. The second-order valence-electron chi connectivity index (χ2n) is 5.23. The Morgan fingerprint density at radius 1 is 1.22 bits per heavy atom. The van der Waals surface area contributed by atoms with Gasteiger partial charge in [-0.2, -0.15) is 0 Å². The number of para-hydroxylation sites is 2. The zero-order chi connectivity index (χ0) is 12.4. The van der Waals surface area contributed by atoms with Crippen molar-refractivity contribution in [3.8, 4) is 0 Å². The van der Waals surface area contributed by atoms with Gasteiger partial charge >= 0.3 is 0 Å². The Morgan fingerprint density at radius 3 is 2.78 bits per heavy atom. The van der Waals surface area contributed by atoms with Gasteiger partial charge < -0.3 is 10.3 Å². The van der Waals surface area contributed by atoms with E-state index in [0.717, 1.165) is 25.0 Å². The zero-order valence-electron chi connectivity index (χ0n) is 10.8. The lowest BCUT2D eigenvalue weighted by atomic mass is 10.1. The lowest BCUT2D eigenvalue weighted by Gasteiger charge is -2.13. The van der Waals surface area contributed by atoms with E-state index in [-0.39, 0.29) is 0 Å². The summed E-state index contributed by atoms with van der Waals surface area (Å²) in [4.78, 5) is 4.87. The number of fused-ring (bicyclic) bond motifs is 1. The van der Waals surface area contributed by atoms with E-state index in [9.17, 15) is 0 Å². The van der Waals surface area contributed by atoms with Crippen molar-refractivity contribution in [2.75, 3.05) is 6.54 Å². The Balaban J connectivity index is 2.04. The summed E-state index contributed by atoms with van der Waals surface area (Å²) < 4.78 is 2.40. The van der Waals surface area contributed by atoms with E-state index in [4.69, 9.17) is 10.7 Å². The molecule has 0 bridgehead atoms. The van der Waals surface area contributed by atoms with Crippen molar-refractivity contribution in [3.63, 3.8) is 0 Å². The summed E-state index contributed by atoms with van der Waals surface area (Å²) in [5.74, 6) is 1.96. The minimum absolute atomic E-state index is 0.662. The van der Waals surface area contributed by atoms with Crippen LogP contribution in [-0.2, 0) is 6.54 Å². The lowest BCUT2D eigenvalue weighted by molar-refractivity contribution is 0.575. The first kappa shape index (κ1) is 11.7. The number of nitrogens with zero attached hydrogens (tertiary/aromatic N) is 2. The first-order valence-corrected chi connectivity index (χ1v) is 7.05. The highest BCUT2D eigenvalue weighted by molar-refractivity contribution is 5.76. The Kier molecular flexibility index (Phi) is 3.33. The summed E-state index contributed by atoms with van der Waals surface area (Å²) >= 11 is 0. The number of imidazole rings is 1. The van der Waals surface area contributed by atoms with Crippen LogP contribution in [0.1, 0.15) is 43.8 Å². The molecule has 0 radical (unpaired) electrons. The van der Waals surface area contributed by atoms with Gasteiger partial charge in [-0.1, -0.05) is 25.0 Å². The van der Waals surface area contributed by atoms with Crippen molar-refractivity contribution < 1.29 is 0 Å². The molecule has 0 unspecified atom stereocenters. The van der Waals surface area contributed by atoms with Crippen molar-refractivity contribution in [1.82, 2.24) is 9.55 Å². The maximum Gasteiger partial charge on any atom is 0.112 e. The highest BCUT2D eigenvalue weighted by Gasteiger charge is 2.23. The number of aryl methyl sites for hydroxylation is 1. The highest BCUT2D eigenvalue weighted by atomic mass is 15.1. The molecule has 1 aromatic heterocycles. The van der Waals surface area contributed by atoms with Gasteiger partial charge in [0.15, 0.2) is 0 Å². The van der Waals surface area contributed by atoms with Crippen LogP contribution in [0, 0.1) is 0 Å². The maximum atomic E-state index is 5.66. The first-order valence-electron chi connectivity index (χ1n) is 7.05. The SMILES string of the molecule is NCCCn1c(C2CCCC2)nc2ccccc21. The highest BCUT2D eigenvalue weighted by Crippen LogP contribution is 2.35. The van der Waals surface area contributed by atoms with Crippen molar-refractivity contribution in [1.29, 1.82) is 0 Å². The van der Waals surface area contributed by atoms with Gasteiger partial charge in [-0.05, 0) is 37.9 Å². The molecular formula is C15H21N3. The van der Waals surface area contributed by atoms with E-state index >= 15 is 0 Å². The van der Waals surface area contributed by atoms with Crippen LogP contribution in [0.25, 0.3) is 11.0 Å². The molecule has 1 heterocycles. The molecule has 1 aliphatic rings. The third kappa shape index (κ3) is 2.03. The van der Waals surface area contributed by atoms with Gasteiger partial charge in [0.1, 0.15) is 5.82 Å². The summed E-state index contributed by atoms with van der Waals surface area (Å²) in [7, 11) is 0. The average molecular weight is 243 g/mol. The van der Waals surface area contributed by atoms with Crippen LogP contribution in [-0.4, -0.2) is 16.1 Å². The number of rotatable bonds is 4. The third-order valence-corrected chi connectivity index (χ3v) is 3.99. The molecule has 1 fully saturated rings. The smallest absolute Gasteiger partial charge is 0.112 e. The Hall–Kier alpha value is -1.35. The lowest BCUT2D eigenvalue weighted by Crippen LogP contribution is -2.10. The Morgan fingerprint density at radius 2 is 2.00 bits per heavy atom. The number of hydrogen-bond donors (Lipinski definition) is 1. The van der Waals surface area contributed by atoms with E-state index in [2.05, 4.69) is 28.8 Å². The first-order chi connectivity index (χ1) is 8.90. The summed E-state index contributed by atoms with van der Waals surface area (Å²) in [6, 6.07) is 8.46. The second kappa shape index (κ2) is 5.11. The zero-order valence-corrected chi connectivity index (χ0v) is 10.8. The van der Waals surface area contributed by atoms with Crippen LogP contribution in [0.2, 0.25) is 0 Å². The molecule has 1 aromatic carbocycles. The second-order valence-corrected chi connectivity index (χ2v) is 5.23. The predicted octanol–water partition coefficient (Wildman–Crippen LogP) is 3.04. The average Bonchev–Trinajstić information content (AvgIpc) is 3.03. The fourth-order valence-electron chi connectivity index (χ4n) is 3.07. The van der Waals surface area contributed by atoms with Crippen LogP contribution in [0.5, 0.6) is 0 Å². The van der Waals surface area contributed by atoms with Crippen LogP contribution in [0.4, 0.5) is 0 Å². The van der Waals surface area contributed by atoms with Gasteiger partial charge in [0, 0.05) is 12.5 Å². The number of hydrogen-bond acceptors (Lipinski definition) is 2. The fraction of sp³-hybridized carbons (Fsp3) is 0.533. The molecule has 0 amide bonds. The van der Waals surface area contributed by atoms with Gasteiger partial charge in [0.25, 0.3) is 0 Å². The standard InChI is InChI=1S/C15H21N3/c16-10-5-11-18-14-9-4-3-8-13(14)17-15(18)12-6-1-2-7-12/h3-4,8-9,12H,1-2,5-7,10-11,16H2. The number of aromatic nitrogens is 2. The van der Waals surface area contributed by atoms with Gasteiger partial charge in [-0.15, -0.1) is 0 Å². The summed E-state index contributed by atoms with van der Waals surface area (Å²) in [6.07, 6.45) is 6.33. The van der Waals surface area contributed by atoms with E-state index in [0.29, 0.717) is 5.92 Å². The molecule has 0 spiro atoms. The van der Waals surface area contributed by atoms with Crippen molar-refractivity contribution in [3.05, 3.63) is 30.1 Å². The van der Waals surface area contributed by atoms with Gasteiger partial charge in [-0.3, -0.25) is 0 Å². The molecule has 96 valence electrons. The molecule has 1 aliphatic carbocycles. The molecule has 3 nitrogen and oxygen atoms in total. The van der Waals surface area contributed by atoms with E-state index in [1.807, 2.05) is 0 Å². The molecular weight excluding hydrogens is 222 g/mol. The monoisotopic (exact) mass is 243 g/mol. The summed E-state index contributed by atoms with van der Waals surface area (Å²) in [5, 5.41) is 0. The Bertz CT molecular complexity index is 524. The van der Waals surface area contributed by atoms with Crippen molar-refractivity contribution in [2.24, 2.45) is 5.73 Å². The van der Waals surface area contributed by atoms with Crippen molar-refractivity contribution in [2.45, 2.75) is 44.6 Å². The molecule has 2 aromatic rings. The molecule has 2 N–H and O–H groups in total. The molecule has 3 rings (SSSR count). The molecule has 0 atom stereocenters. The third-order valence-electron chi connectivity index (χ3n) is 3.99. The Labute approximate surface area is 108 Å². The van der Waals surface area contributed by atoms with E-state index in [1.165, 1.54) is 37.0 Å². The minimum atomic E-state index is 0.662. The largest absolute Gasteiger partial charge is 0.330 e. The molecule has 0 saturated heterocycles. The maximum absolute atomic E-state index is 5.66. The van der Waals surface area contributed by atoms with Crippen LogP contribution < -0.4 is 5.73 Å². The summed E-state index contributed by atoms with van der Waals surface area (Å²) in [6.45, 7) is 1.75. The van der Waals surface area contributed by atoms with Crippen LogP contribution >= 0.6 is 0 Å². The fourth-order valence-corrected chi connectivity index (χ4v) is 3.07.